The molecule has 0 aliphatic rings. The van der Waals surface area contributed by atoms with Gasteiger partial charge in [0.1, 0.15) is 0 Å². The van der Waals surface area contributed by atoms with Gasteiger partial charge in [-0.1, -0.05) is 17.7 Å². The lowest BCUT2D eigenvalue weighted by Crippen LogP contribution is -2.28. The second kappa shape index (κ2) is 5.48. The zero-order chi connectivity index (χ0) is 10.6. The van der Waals surface area contributed by atoms with Crippen LogP contribution < -0.4 is 11.3 Å². The van der Waals surface area contributed by atoms with Crippen LogP contribution in [0.15, 0.2) is 36.4 Å². The molecule has 1 unspecified atom stereocenters. The number of nitrogens with two attached hydrogens (primary N) is 1. The van der Waals surface area contributed by atoms with Gasteiger partial charge >= 0.3 is 0 Å². The molecule has 0 bridgehead atoms. The first-order valence-electron chi connectivity index (χ1n) is 4.49. The van der Waals surface area contributed by atoms with Gasteiger partial charge in [-0.3, -0.25) is 11.3 Å². The van der Waals surface area contributed by atoms with Crippen molar-refractivity contribution in [2.45, 2.75) is 19.4 Å². The standard InChI is InChI=1S/C11H15IN2/c1-8(2)6-11(14-13)9-4-3-5-10(12)7-9/h3-5,7,11,14H,1,6,13H2,2H3. The molecule has 0 amide bonds. The predicted octanol–water partition coefficient (Wildman–Crippen LogP) is 2.76. The fourth-order valence-electron chi connectivity index (χ4n) is 1.34. The summed E-state index contributed by atoms with van der Waals surface area (Å²) in [5.41, 5.74) is 5.15. The van der Waals surface area contributed by atoms with E-state index in [4.69, 9.17) is 5.84 Å². The van der Waals surface area contributed by atoms with E-state index in [0.717, 1.165) is 12.0 Å². The summed E-state index contributed by atoms with van der Waals surface area (Å²) in [6, 6.07) is 8.49. The summed E-state index contributed by atoms with van der Waals surface area (Å²) in [6.45, 7) is 5.91. The van der Waals surface area contributed by atoms with Crippen molar-refractivity contribution < 1.29 is 0 Å². The Morgan fingerprint density at radius 2 is 2.36 bits per heavy atom. The number of hydrogen-bond acceptors (Lipinski definition) is 2. The molecule has 0 spiro atoms. The lowest BCUT2D eigenvalue weighted by atomic mass is 10.0. The monoisotopic (exact) mass is 302 g/mol. The second-order valence-corrected chi connectivity index (χ2v) is 4.68. The largest absolute Gasteiger partial charge is 0.271 e. The molecular weight excluding hydrogens is 287 g/mol. The number of nitrogens with one attached hydrogen (secondary N) is 1. The minimum absolute atomic E-state index is 0.169. The van der Waals surface area contributed by atoms with Crippen LogP contribution in [0.2, 0.25) is 0 Å². The van der Waals surface area contributed by atoms with Crippen LogP contribution in [-0.2, 0) is 0 Å². The molecular formula is C11H15IN2. The van der Waals surface area contributed by atoms with Crippen molar-refractivity contribution in [2.75, 3.05) is 0 Å². The average Bonchev–Trinajstić information content (AvgIpc) is 2.14. The van der Waals surface area contributed by atoms with E-state index in [1.807, 2.05) is 13.0 Å². The Bertz CT molecular complexity index is 323. The topological polar surface area (TPSA) is 38.0 Å². The summed E-state index contributed by atoms with van der Waals surface area (Å²) >= 11 is 2.30. The Hall–Kier alpha value is -0.390. The van der Waals surface area contributed by atoms with Crippen molar-refractivity contribution in [3.63, 3.8) is 0 Å². The summed E-state index contributed by atoms with van der Waals surface area (Å²) in [7, 11) is 0. The Balaban J connectivity index is 2.83. The van der Waals surface area contributed by atoms with E-state index in [1.54, 1.807) is 0 Å². The Kier molecular flexibility index (Phi) is 4.57. The third-order valence-electron chi connectivity index (χ3n) is 2.00. The molecule has 1 aromatic rings. The van der Waals surface area contributed by atoms with Gasteiger partial charge in [0.2, 0.25) is 0 Å². The fraction of sp³-hybridized carbons (Fsp3) is 0.273. The van der Waals surface area contributed by atoms with E-state index in [1.165, 1.54) is 9.13 Å². The molecule has 0 saturated heterocycles. The molecule has 0 radical (unpaired) electrons. The average molecular weight is 302 g/mol. The molecule has 0 aromatic heterocycles. The first-order valence-corrected chi connectivity index (χ1v) is 5.57. The number of benzene rings is 1. The van der Waals surface area contributed by atoms with Crippen molar-refractivity contribution in [3.05, 3.63) is 45.6 Å². The van der Waals surface area contributed by atoms with Crippen LogP contribution >= 0.6 is 22.6 Å². The molecule has 0 aliphatic carbocycles. The lowest BCUT2D eigenvalue weighted by molar-refractivity contribution is 0.550. The third kappa shape index (κ3) is 3.40. The highest BCUT2D eigenvalue weighted by Gasteiger charge is 2.09. The van der Waals surface area contributed by atoms with Crippen LogP contribution in [-0.4, -0.2) is 0 Å². The van der Waals surface area contributed by atoms with Gasteiger partial charge < -0.3 is 0 Å². The van der Waals surface area contributed by atoms with E-state index >= 15 is 0 Å². The smallest absolute Gasteiger partial charge is 0.0497 e. The maximum atomic E-state index is 5.51. The van der Waals surface area contributed by atoms with Crippen molar-refractivity contribution in [3.8, 4) is 0 Å². The molecule has 0 aliphatic heterocycles. The SMILES string of the molecule is C=C(C)CC(NN)c1cccc(I)c1. The molecule has 0 heterocycles. The lowest BCUT2D eigenvalue weighted by Gasteiger charge is -2.16. The molecule has 0 saturated carbocycles. The minimum Gasteiger partial charge on any atom is -0.271 e. The zero-order valence-electron chi connectivity index (χ0n) is 8.26. The van der Waals surface area contributed by atoms with Crippen molar-refractivity contribution in [2.24, 2.45) is 5.84 Å². The quantitative estimate of drug-likeness (QED) is 0.388. The van der Waals surface area contributed by atoms with E-state index in [2.05, 4.69) is 52.8 Å². The zero-order valence-corrected chi connectivity index (χ0v) is 10.4. The van der Waals surface area contributed by atoms with E-state index < -0.39 is 0 Å². The first-order chi connectivity index (χ1) is 6.63. The molecule has 76 valence electrons. The highest BCUT2D eigenvalue weighted by atomic mass is 127. The highest BCUT2D eigenvalue weighted by molar-refractivity contribution is 14.1. The predicted molar refractivity (Wildman–Crippen MR) is 68.7 cm³/mol. The molecule has 0 fully saturated rings. The Morgan fingerprint density at radius 3 is 2.86 bits per heavy atom. The van der Waals surface area contributed by atoms with E-state index in [0.29, 0.717) is 0 Å². The third-order valence-corrected chi connectivity index (χ3v) is 2.68. The van der Waals surface area contributed by atoms with Crippen LogP contribution in [0, 0.1) is 3.57 Å². The highest BCUT2D eigenvalue weighted by Crippen LogP contribution is 2.20. The van der Waals surface area contributed by atoms with Gasteiger partial charge in [-0.2, -0.15) is 0 Å². The molecule has 1 rings (SSSR count). The Labute approximate surface area is 98.7 Å². The molecule has 2 nitrogen and oxygen atoms in total. The van der Waals surface area contributed by atoms with E-state index in [9.17, 15) is 0 Å². The van der Waals surface area contributed by atoms with Gasteiger partial charge in [0, 0.05) is 9.61 Å². The van der Waals surface area contributed by atoms with Crippen LogP contribution in [0.4, 0.5) is 0 Å². The number of rotatable bonds is 4. The van der Waals surface area contributed by atoms with Gasteiger partial charge in [-0.15, -0.1) is 6.58 Å². The maximum Gasteiger partial charge on any atom is 0.0497 e. The summed E-state index contributed by atoms with van der Waals surface area (Å²) in [5.74, 6) is 5.51. The maximum absolute atomic E-state index is 5.51. The van der Waals surface area contributed by atoms with Crippen molar-refractivity contribution >= 4 is 22.6 Å². The van der Waals surface area contributed by atoms with E-state index in [-0.39, 0.29) is 6.04 Å². The molecule has 1 atom stereocenters. The molecule has 14 heavy (non-hydrogen) atoms. The summed E-state index contributed by atoms with van der Waals surface area (Å²) in [4.78, 5) is 0. The number of hydrazine groups is 1. The Morgan fingerprint density at radius 1 is 1.64 bits per heavy atom. The first kappa shape index (κ1) is 11.7. The van der Waals surface area contributed by atoms with Gasteiger partial charge in [0.15, 0.2) is 0 Å². The summed E-state index contributed by atoms with van der Waals surface area (Å²) < 4.78 is 1.22. The van der Waals surface area contributed by atoms with Gasteiger partial charge in [0.25, 0.3) is 0 Å². The molecule has 3 N–H and O–H groups in total. The minimum atomic E-state index is 0.169. The van der Waals surface area contributed by atoms with Crippen LogP contribution in [0.5, 0.6) is 0 Å². The van der Waals surface area contributed by atoms with Crippen LogP contribution in [0.1, 0.15) is 24.9 Å². The van der Waals surface area contributed by atoms with Crippen molar-refractivity contribution in [1.82, 2.24) is 5.43 Å². The molecule has 1 aromatic carbocycles. The normalized spacial score (nSPS) is 12.5. The molecule has 3 heteroatoms. The number of hydrogen-bond donors (Lipinski definition) is 2. The summed E-state index contributed by atoms with van der Waals surface area (Å²) in [6.07, 6.45) is 0.872. The van der Waals surface area contributed by atoms with Crippen LogP contribution in [0.25, 0.3) is 0 Å². The second-order valence-electron chi connectivity index (χ2n) is 3.44. The van der Waals surface area contributed by atoms with Gasteiger partial charge in [-0.25, -0.2) is 0 Å². The summed E-state index contributed by atoms with van der Waals surface area (Å²) in [5, 5.41) is 0. The fourth-order valence-corrected chi connectivity index (χ4v) is 1.91. The van der Waals surface area contributed by atoms with Gasteiger partial charge in [-0.05, 0) is 53.6 Å². The van der Waals surface area contributed by atoms with Crippen LogP contribution in [0.3, 0.4) is 0 Å². The number of halogens is 1. The van der Waals surface area contributed by atoms with Crippen molar-refractivity contribution in [1.29, 1.82) is 0 Å². The van der Waals surface area contributed by atoms with Gasteiger partial charge in [0.05, 0.1) is 0 Å².